The fraction of sp³-hybridized carbons (Fsp3) is 0.421. The fourth-order valence-electron chi connectivity index (χ4n) is 2.37. The van der Waals surface area contributed by atoms with Crippen LogP contribution in [0.1, 0.15) is 22.6 Å². The van der Waals surface area contributed by atoms with Crippen LogP contribution >= 0.6 is 11.8 Å². The van der Waals surface area contributed by atoms with Crippen molar-refractivity contribution in [1.82, 2.24) is 10.5 Å². The lowest BCUT2D eigenvalue weighted by Gasteiger charge is -2.10. The molecule has 152 valence electrons. The van der Waals surface area contributed by atoms with Gasteiger partial charge in [0, 0.05) is 17.9 Å². The summed E-state index contributed by atoms with van der Waals surface area (Å²) in [5.41, 5.74) is 2.63. The molecule has 9 heteroatoms. The highest BCUT2D eigenvalue weighted by atomic mass is 32.2. The molecule has 1 heterocycles. The van der Waals surface area contributed by atoms with Crippen LogP contribution < -0.4 is 14.8 Å². The Morgan fingerprint density at radius 2 is 1.93 bits per heavy atom. The quantitative estimate of drug-likeness (QED) is 0.598. The first-order valence-corrected chi connectivity index (χ1v) is 9.72. The topological polar surface area (TPSA) is 99.9 Å². The molecule has 1 aromatic heterocycles. The molecule has 28 heavy (non-hydrogen) atoms. The van der Waals surface area contributed by atoms with E-state index in [1.165, 1.54) is 11.8 Å². The molecular formula is C19H24N2O6S. The average molecular weight is 408 g/mol. The summed E-state index contributed by atoms with van der Waals surface area (Å²) >= 11 is 1.38. The Kier molecular flexibility index (Phi) is 8.19. The predicted octanol–water partition coefficient (Wildman–Crippen LogP) is 2.40. The number of nitrogens with one attached hydrogen (secondary N) is 1. The number of hydrogen-bond acceptors (Lipinski definition) is 8. The van der Waals surface area contributed by atoms with Crippen molar-refractivity contribution in [3.63, 3.8) is 0 Å². The van der Waals surface area contributed by atoms with E-state index in [0.717, 1.165) is 22.6 Å². The number of ether oxygens (including phenoxy) is 3. The number of carbonyl (C=O) groups is 2. The lowest BCUT2D eigenvalue weighted by Crippen LogP contribution is -2.28. The molecule has 0 aliphatic carbocycles. The number of amides is 1. The largest absolute Gasteiger partial charge is 0.493 e. The minimum atomic E-state index is -0.446. The summed E-state index contributed by atoms with van der Waals surface area (Å²) in [6.07, 6.45) is 0. The minimum Gasteiger partial charge on any atom is -0.493 e. The molecule has 1 amide bonds. The number of benzene rings is 1. The molecule has 0 aliphatic heterocycles. The van der Waals surface area contributed by atoms with Gasteiger partial charge in [-0.1, -0.05) is 11.2 Å². The third-order valence-corrected chi connectivity index (χ3v) is 4.88. The first kappa shape index (κ1) is 21.6. The van der Waals surface area contributed by atoms with Gasteiger partial charge in [0.05, 0.1) is 25.7 Å². The molecule has 0 saturated carbocycles. The van der Waals surface area contributed by atoms with E-state index in [-0.39, 0.29) is 24.8 Å². The van der Waals surface area contributed by atoms with Crippen LogP contribution in [0.5, 0.6) is 11.5 Å². The molecule has 2 rings (SSSR count). The van der Waals surface area contributed by atoms with Crippen LogP contribution in [0, 0.1) is 13.8 Å². The second kappa shape index (κ2) is 10.6. The van der Waals surface area contributed by atoms with Crippen molar-refractivity contribution in [2.45, 2.75) is 26.1 Å². The summed E-state index contributed by atoms with van der Waals surface area (Å²) in [4.78, 5) is 23.7. The third kappa shape index (κ3) is 6.19. The molecule has 0 unspecified atom stereocenters. The van der Waals surface area contributed by atoms with Gasteiger partial charge >= 0.3 is 5.97 Å². The number of methoxy groups -OCH3 is 2. The highest BCUT2D eigenvalue weighted by Gasteiger charge is 2.12. The molecule has 0 fully saturated rings. The SMILES string of the molecule is COc1ccc(CNC(=O)COC(=O)CSCc2c(C)noc2C)cc1OC. The van der Waals surface area contributed by atoms with E-state index in [1.54, 1.807) is 26.4 Å². The summed E-state index contributed by atoms with van der Waals surface area (Å²) < 4.78 is 20.5. The van der Waals surface area contributed by atoms with E-state index >= 15 is 0 Å². The zero-order valence-corrected chi connectivity index (χ0v) is 17.2. The number of esters is 1. The maximum Gasteiger partial charge on any atom is 0.316 e. The summed E-state index contributed by atoms with van der Waals surface area (Å²) in [6, 6.07) is 5.35. The molecular weight excluding hydrogens is 384 g/mol. The first-order chi connectivity index (χ1) is 13.4. The van der Waals surface area contributed by atoms with Crippen LogP contribution in [0.25, 0.3) is 0 Å². The number of nitrogens with zero attached hydrogens (tertiary/aromatic N) is 1. The maximum atomic E-state index is 11.9. The minimum absolute atomic E-state index is 0.146. The number of hydrogen-bond donors (Lipinski definition) is 1. The number of rotatable bonds is 10. The van der Waals surface area contributed by atoms with Gasteiger partial charge < -0.3 is 24.1 Å². The van der Waals surface area contributed by atoms with Crippen LogP contribution in [0.15, 0.2) is 22.7 Å². The molecule has 0 bridgehead atoms. The molecule has 0 aliphatic rings. The average Bonchev–Trinajstić information content (AvgIpc) is 3.02. The van der Waals surface area contributed by atoms with Crippen molar-refractivity contribution in [3.8, 4) is 11.5 Å². The van der Waals surface area contributed by atoms with Crippen molar-refractivity contribution in [1.29, 1.82) is 0 Å². The van der Waals surface area contributed by atoms with Crippen LogP contribution in [-0.4, -0.2) is 43.6 Å². The van der Waals surface area contributed by atoms with Gasteiger partial charge in [0.2, 0.25) is 0 Å². The molecule has 0 radical (unpaired) electrons. The Balaban J connectivity index is 1.68. The molecule has 0 atom stereocenters. The van der Waals surface area contributed by atoms with Gasteiger partial charge in [-0.15, -0.1) is 11.8 Å². The summed E-state index contributed by atoms with van der Waals surface area (Å²) in [7, 11) is 3.10. The fourth-order valence-corrected chi connectivity index (χ4v) is 3.34. The van der Waals surface area contributed by atoms with Gasteiger partial charge in [0.25, 0.3) is 5.91 Å². The van der Waals surface area contributed by atoms with E-state index < -0.39 is 5.97 Å². The molecule has 8 nitrogen and oxygen atoms in total. The number of carbonyl (C=O) groups excluding carboxylic acids is 2. The Morgan fingerprint density at radius 3 is 2.57 bits per heavy atom. The van der Waals surface area contributed by atoms with Crippen molar-refractivity contribution in [2.75, 3.05) is 26.6 Å². The second-order valence-corrected chi connectivity index (χ2v) is 6.91. The van der Waals surface area contributed by atoms with Crippen molar-refractivity contribution >= 4 is 23.6 Å². The van der Waals surface area contributed by atoms with E-state index in [2.05, 4.69) is 10.5 Å². The molecule has 0 saturated heterocycles. The Morgan fingerprint density at radius 1 is 1.18 bits per heavy atom. The molecule has 1 N–H and O–H groups in total. The second-order valence-electron chi connectivity index (χ2n) is 5.92. The summed E-state index contributed by atoms with van der Waals surface area (Å²) in [6.45, 7) is 3.65. The van der Waals surface area contributed by atoms with E-state index in [0.29, 0.717) is 17.3 Å². The zero-order valence-electron chi connectivity index (χ0n) is 16.4. The van der Waals surface area contributed by atoms with E-state index in [1.807, 2.05) is 19.9 Å². The van der Waals surface area contributed by atoms with Crippen LogP contribution in [0.4, 0.5) is 0 Å². The number of aryl methyl sites for hydroxylation is 2. The van der Waals surface area contributed by atoms with Crippen molar-refractivity contribution < 1.29 is 28.3 Å². The van der Waals surface area contributed by atoms with Gasteiger partial charge in [-0.05, 0) is 31.5 Å². The van der Waals surface area contributed by atoms with Crippen LogP contribution in [-0.2, 0) is 26.6 Å². The summed E-state index contributed by atoms with van der Waals surface area (Å²) in [5, 5.41) is 6.56. The Hall–Kier alpha value is -2.68. The van der Waals surface area contributed by atoms with E-state index in [9.17, 15) is 9.59 Å². The third-order valence-electron chi connectivity index (χ3n) is 3.95. The van der Waals surface area contributed by atoms with E-state index in [4.69, 9.17) is 18.7 Å². The first-order valence-electron chi connectivity index (χ1n) is 8.57. The Labute approximate surface area is 167 Å². The molecule has 2 aromatic rings. The van der Waals surface area contributed by atoms with Crippen molar-refractivity contribution in [3.05, 3.63) is 40.8 Å². The van der Waals surface area contributed by atoms with Gasteiger partial charge in [0.1, 0.15) is 5.76 Å². The Bertz CT molecular complexity index is 801. The maximum absolute atomic E-state index is 11.9. The smallest absolute Gasteiger partial charge is 0.316 e. The lowest BCUT2D eigenvalue weighted by molar-refractivity contribution is -0.145. The van der Waals surface area contributed by atoms with Crippen LogP contribution in [0.3, 0.4) is 0 Å². The normalized spacial score (nSPS) is 10.4. The lowest BCUT2D eigenvalue weighted by atomic mass is 10.2. The van der Waals surface area contributed by atoms with Gasteiger partial charge in [-0.3, -0.25) is 9.59 Å². The van der Waals surface area contributed by atoms with Gasteiger partial charge in [-0.25, -0.2) is 0 Å². The predicted molar refractivity (Wildman–Crippen MR) is 104 cm³/mol. The van der Waals surface area contributed by atoms with Gasteiger partial charge in [0.15, 0.2) is 18.1 Å². The van der Waals surface area contributed by atoms with Gasteiger partial charge in [-0.2, -0.15) is 0 Å². The number of thioether (sulfide) groups is 1. The molecule has 1 aromatic carbocycles. The highest BCUT2D eigenvalue weighted by Crippen LogP contribution is 2.27. The standard InChI is InChI=1S/C19H24N2O6S/c1-12-15(13(2)27-21-12)10-28-11-19(23)26-9-18(22)20-8-14-5-6-16(24-3)17(7-14)25-4/h5-7H,8-11H2,1-4H3,(H,20,22). The highest BCUT2D eigenvalue weighted by molar-refractivity contribution is 7.99. The monoisotopic (exact) mass is 408 g/mol. The summed E-state index contributed by atoms with van der Waals surface area (Å²) in [5.74, 6) is 1.86. The van der Waals surface area contributed by atoms with Crippen molar-refractivity contribution in [2.24, 2.45) is 0 Å². The van der Waals surface area contributed by atoms with Crippen LogP contribution in [0.2, 0.25) is 0 Å². The zero-order chi connectivity index (χ0) is 20.5. The molecule has 0 spiro atoms. The number of aromatic nitrogens is 1.